The first-order valence-corrected chi connectivity index (χ1v) is 11.3. The minimum absolute atomic E-state index is 0.194. The maximum Gasteiger partial charge on any atom is 0.252 e. The number of carbonyl (C=O) groups is 2. The number of pyridine rings is 1. The van der Waals surface area contributed by atoms with E-state index in [2.05, 4.69) is 31.2 Å². The van der Waals surface area contributed by atoms with Crippen LogP contribution >= 0.6 is 11.3 Å². The van der Waals surface area contributed by atoms with Gasteiger partial charge in [-0.25, -0.2) is 14.4 Å². The highest BCUT2D eigenvalue weighted by molar-refractivity contribution is 7.15. The van der Waals surface area contributed by atoms with Crippen LogP contribution in [-0.2, 0) is 6.54 Å². The lowest BCUT2D eigenvalue weighted by Crippen LogP contribution is -2.29. The number of halogens is 1. The fourth-order valence-corrected chi connectivity index (χ4v) is 3.69. The maximum absolute atomic E-state index is 14.2. The number of benzene rings is 1. The summed E-state index contributed by atoms with van der Waals surface area (Å²) >= 11 is 1.38. The first kappa shape index (κ1) is 22.6. The average molecular weight is 470 g/mol. The molecule has 2 heterocycles. The maximum atomic E-state index is 14.2. The van der Waals surface area contributed by atoms with Crippen LogP contribution in [0.1, 0.15) is 38.4 Å². The van der Waals surface area contributed by atoms with Crippen molar-refractivity contribution in [2.45, 2.75) is 25.4 Å². The Hall–Kier alpha value is -3.57. The third-order valence-corrected chi connectivity index (χ3v) is 5.75. The number of thiazole rings is 1. The van der Waals surface area contributed by atoms with E-state index in [9.17, 15) is 14.0 Å². The summed E-state index contributed by atoms with van der Waals surface area (Å²) in [6, 6.07) is 7.86. The van der Waals surface area contributed by atoms with Gasteiger partial charge in [0.1, 0.15) is 11.6 Å². The zero-order chi connectivity index (χ0) is 23.2. The number of aromatic nitrogens is 2. The van der Waals surface area contributed by atoms with Gasteiger partial charge in [-0.2, -0.15) is 0 Å². The molecule has 1 fully saturated rings. The van der Waals surface area contributed by atoms with Gasteiger partial charge in [-0.05, 0) is 43.2 Å². The Morgan fingerprint density at radius 3 is 2.64 bits per heavy atom. The van der Waals surface area contributed by atoms with Crippen LogP contribution in [0.4, 0.5) is 21.0 Å². The molecule has 3 aromatic rings. The Morgan fingerprint density at radius 2 is 1.91 bits per heavy atom. The van der Waals surface area contributed by atoms with Crippen molar-refractivity contribution in [1.29, 1.82) is 0 Å². The molecule has 0 saturated heterocycles. The van der Waals surface area contributed by atoms with Crippen molar-refractivity contribution < 1.29 is 14.0 Å². The Morgan fingerprint density at radius 1 is 1.09 bits per heavy atom. The van der Waals surface area contributed by atoms with Gasteiger partial charge in [0.15, 0.2) is 5.13 Å². The van der Waals surface area contributed by atoms with Gasteiger partial charge in [0.05, 0.1) is 17.8 Å². The molecule has 0 bridgehead atoms. The second-order valence-corrected chi connectivity index (χ2v) is 8.64. The molecule has 4 rings (SSSR count). The van der Waals surface area contributed by atoms with Crippen molar-refractivity contribution in [2.75, 3.05) is 23.7 Å². The van der Waals surface area contributed by atoms with E-state index in [0.717, 1.165) is 17.7 Å². The van der Waals surface area contributed by atoms with Crippen LogP contribution in [0, 0.1) is 5.82 Å². The summed E-state index contributed by atoms with van der Waals surface area (Å²) in [5, 5.41) is 12.3. The van der Waals surface area contributed by atoms with Crippen molar-refractivity contribution in [3.63, 3.8) is 0 Å². The molecule has 0 unspecified atom stereocenters. The van der Waals surface area contributed by atoms with Crippen LogP contribution in [0.5, 0.6) is 0 Å². The van der Waals surface area contributed by atoms with Crippen LogP contribution in [0.2, 0.25) is 0 Å². The molecule has 1 aliphatic carbocycles. The van der Waals surface area contributed by atoms with Crippen LogP contribution in [0.3, 0.4) is 0 Å². The first-order valence-electron chi connectivity index (χ1n) is 10.5. The minimum atomic E-state index is -0.430. The number of nitrogens with two attached hydrogens (primary N) is 1. The molecule has 1 aliphatic rings. The molecule has 9 nitrogen and oxygen atoms in total. The topological polar surface area (TPSA) is 134 Å². The smallest absolute Gasteiger partial charge is 0.252 e. The third kappa shape index (κ3) is 6.24. The number of carbonyl (C=O) groups excluding carboxylic acids is 2. The third-order valence-electron chi connectivity index (χ3n) is 4.84. The van der Waals surface area contributed by atoms with Gasteiger partial charge < -0.3 is 27.0 Å². The number of amides is 2. The second-order valence-electron chi connectivity index (χ2n) is 7.53. The Balaban J connectivity index is 1.32. The van der Waals surface area contributed by atoms with Gasteiger partial charge in [0.2, 0.25) is 0 Å². The first-order chi connectivity index (χ1) is 16.0. The normalized spacial score (nSPS) is 12.8. The van der Waals surface area contributed by atoms with Crippen molar-refractivity contribution >= 4 is 39.8 Å². The quantitative estimate of drug-likeness (QED) is 0.308. The summed E-state index contributed by atoms with van der Waals surface area (Å²) < 4.78 is 14.2. The zero-order valence-electron chi connectivity index (χ0n) is 17.7. The van der Waals surface area contributed by atoms with Gasteiger partial charge in [-0.15, -0.1) is 0 Å². The molecule has 6 N–H and O–H groups in total. The van der Waals surface area contributed by atoms with Gasteiger partial charge in [-0.3, -0.25) is 9.59 Å². The second kappa shape index (κ2) is 10.4. The van der Waals surface area contributed by atoms with E-state index in [0.29, 0.717) is 41.7 Å². The fourth-order valence-electron chi connectivity index (χ4n) is 2.93. The number of nitrogens with zero attached hydrogens (tertiary/aromatic N) is 2. The molecular formula is C22H24FN7O2S. The molecule has 1 saturated carbocycles. The minimum Gasteiger partial charge on any atom is -0.378 e. The van der Waals surface area contributed by atoms with Crippen LogP contribution in [-0.4, -0.2) is 40.9 Å². The number of anilines is 3. The van der Waals surface area contributed by atoms with E-state index in [1.54, 1.807) is 18.3 Å². The van der Waals surface area contributed by atoms with Crippen LogP contribution in [0.15, 0.2) is 42.7 Å². The number of hydrogen-bond acceptors (Lipinski definition) is 8. The van der Waals surface area contributed by atoms with E-state index in [-0.39, 0.29) is 23.5 Å². The van der Waals surface area contributed by atoms with Crippen molar-refractivity contribution in [3.05, 3.63) is 64.5 Å². The predicted octanol–water partition coefficient (Wildman–Crippen LogP) is 2.61. The number of rotatable bonds is 10. The molecule has 0 spiro atoms. The van der Waals surface area contributed by atoms with Crippen molar-refractivity contribution in [2.24, 2.45) is 5.73 Å². The largest absolute Gasteiger partial charge is 0.378 e. The summed E-state index contributed by atoms with van der Waals surface area (Å²) in [5.74, 6) is -0.316. The number of nitrogens with one attached hydrogen (secondary N) is 4. The average Bonchev–Trinajstić information content (AvgIpc) is 3.53. The van der Waals surface area contributed by atoms with Gasteiger partial charge >= 0.3 is 0 Å². The molecule has 33 heavy (non-hydrogen) atoms. The summed E-state index contributed by atoms with van der Waals surface area (Å²) in [5.41, 5.74) is 6.49. The number of hydrogen-bond donors (Lipinski definition) is 5. The summed E-state index contributed by atoms with van der Waals surface area (Å²) in [6.07, 6.45) is 5.13. The molecule has 11 heteroatoms. The molecule has 2 aromatic heterocycles. The SMILES string of the molecule is NCCNC(=O)c1ccc(Nc2ncc(CNc3cc(C(=O)NC4CC4)ccc3F)s2)nc1. The van der Waals surface area contributed by atoms with E-state index >= 15 is 0 Å². The van der Waals surface area contributed by atoms with E-state index in [1.807, 2.05) is 0 Å². The van der Waals surface area contributed by atoms with Gasteiger partial charge in [0, 0.05) is 42.0 Å². The molecule has 0 aliphatic heterocycles. The van der Waals surface area contributed by atoms with E-state index in [1.165, 1.54) is 35.7 Å². The van der Waals surface area contributed by atoms with Crippen molar-refractivity contribution in [3.8, 4) is 0 Å². The molecule has 172 valence electrons. The molecule has 2 amide bonds. The monoisotopic (exact) mass is 469 g/mol. The molecule has 1 aromatic carbocycles. The standard InChI is InChI=1S/C22H24FN7O2S/c23-17-5-1-13(21(32)29-15-3-4-15)9-18(17)26-11-16-12-28-22(33-16)30-19-6-2-14(10-27-19)20(31)25-8-7-24/h1-2,5-6,9-10,12,15,26H,3-4,7-8,11,24H2,(H,25,31)(H,29,32)(H,27,28,30). The summed E-state index contributed by atoms with van der Waals surface area (Å²) in [6.45, 7) is 1.11. The highest BCUT2D eigenvalue weighted by Crippen LogP contribution is 2.24. The lowest BCUT2D eigenvalue weighted by molar-refractivity contribution is 0.0944. The highest BCUT2D eigenvalue weighted by atomic mass is 32.1. The van der Waals surface area contributed by atoms with Gasteiger partial charge in [-0.1, -0.05) is 11.3 Å². The Bertz CT molecular complexity index is 1130. The summed E-state index contributed by atoms with van der Waals surface area (Å²) in [7, 11) is 0. The predicted molar refractivity (Wildman–Crippen MR) is 125 cm³/mol. The summed E-state index contributed by atoms with van der Waals surface area (Å²) in [4.78, 5) is 33.5. The molecule has 0 atom stereocenters. The van der Waals surface area contributed by atoms with E-state index in [4.69, 9.17) is 5.73 Å². The zero-order valence-corrected chi connectivity index (χ0v) is 18.5. The lowest BCUT2D eigenvalue weighted by atomic mass is 10.1. The molecule has 0 radical (unpaired) electrons. The van der Waals surface area contributed by atoms with E-state index < -0.39 is 5.82 Å². The van der Waals surface area contributed by atoms with Crippen LogP contribution < -0.4 is 27.0 Å². The van der Waals surface area contributed by atoms with Crippen molar-refractivity contribution in [1.82, 2.24) is 20.6 Å². The molecular weight excluding hydrogens is 445 g/mol. The highest BCUT2D eigenvalue weighted by Gasteiger charge is 2.24. The fraction of sp³-hybridized carbons (Fsp3) is 0.273. The van der Waals surface area contributed by atoms with Crippen LogP contribution in [0.25, 0.3) is 0 Å². The van der Waals surface area contributed by atoms with Gasteiger partial charge in [0.25, 0.3) is 11.8 Å². The Labute approximate surface area is 194 Å². The lowest BCUT2D eigenvalue weighted by Gasteiger charge is -2.09. The Kier molecular flexibility index (Phi) is 7.10.